The quantitative estimate of drug-likeness (QED) is 0.547. The fourth-order valence-electron chi connectivity index (χ4n) is 4.47. The second-order valence-electron chi connectivity index (χ2n) is 9.40. The van der Waals surface area contributed by atoms with Gasteiger partial charge in [-0.3, -0.25) is 9.69 Å². The summed E-state index contributed by atoms with van der Waals surface area (Å²) in [5, 5.41) is 2.99. The van der Waals surface area contributed by atoms with Gasteiger partial charge >= 0.3 is 12.2 Å². The van der Waals surface area contributed by atoms with Gasteiger partial charge in [0.2, 0.25) is 0 Å². The van der Waals surface area contributed by atoms with Crippen molar-refractivity contribution in [2.75, 3.05) is 0 Å². The topological polar surface area (TPSA) is 52.7 Å². The summed E-state index contributed by atoms with van der Waals surface area (Å²) in [5.74, 6) is -0.116. The van der Waals surface area contributed by atoms with Crippen LogP contribution in [0.4, 0.5) is 18.0 Å². The molecular weight excluding hydrogens is 467 g/mol. The first kappa shape index (κ1) is 23.9. The minimum Gasteiger partial charge on any atom is -0.349 e. The van der Waals surface area contributed by atoms with Crippen molar-refractivity contribution in [3.63, 3.8) is 0 Å². The van der Waals surface area contributed by atoms with Gasteiger partial charge in [0.1, 0.15) is 0 Å². The van der Waals surface area contributed by atoms with Crippen molar-refractivity contribution in [2.45, 2.75) is 51.0 Å². The van der Waals surface area contributed by atoms with Crippen molar-refractivity contribution in [1.82, 2.24) is 15.1 Å². The van der Waals surface area contributed by atoms with Gasteiger partial charge in [-0.15, -0.1) is 0 Å². The molecule has 0 aromatic heterocycles. The summed E-state index contributed by atoms with van der Waals surface area (Å²) < 4.78 is 39.6. The Balaban J connectivity index is 1.39. The number of carbonyl (C=O) groups excluding carboxylic acids is 2. The Morgan fingerprint density at radius 3 is 2.64 bits per heavy atom. The average Bonchev–Trinajstić information content (AvgIpc) is 3.69. The Morgan fingerprint density at radius 1 is 1.11 bits per heavy atom. The molecule has 1 unspecified atom stereocenters. The summed E-state index contributed by atoms with van der Waals surface area (Å²) in [5.41, 5.74) is 2.55. The molecule has 2 aliphatic heterocycles. The summed E-state index contributed by atoms with van der Waals surface area (Å²) in [6.07, 6.45) is 5.39. The Hall–Kier alpha value is -3.81. The maximum absolute atomic E-state index is 13.6. The van der Waals surface area contributed by atoms with Crippen LogP contribution in [0.25, 0.3) is 5.57 Å². The lowest BCUT2D eigenvalue weighted by molar-refractivity contribution is -0.137. The van der Waals surface area contributed by atoms with Gasteiger partial charge < -0.3 is 10.2 Å². The zero-order valence-corrected chi connectivity index (χ0v) is 19.8. The minimum atomic E-state index is -4.45. The van der Waals surface area contributed by atoms with E-state index in [1.165, 1.54) is 11.0 Å². The monoisotopic (exact) mass is 493 g/mol. The molecule has 5 nitrogen and oxygen atoms in total. The van der Waals surface area contributed by atoms with Crippen LogP contribution < -0.4 is 5.32 Å². The van der Waals surface area contributed by atoms with E-state index in [0.29, 0.717) is 23.2 Å². The van der Waals surface area contributed by atoms with E-state index < -0.39 is 11.7 Å². The SMILES string of the molecule is CC1CC=C2C(c3cccc(C(=O)NC4CC4)c3)=CC=CN2C(=O)N1Cc1cccc(C(F)(F)F)c1. The van der Waals surface area contributed by atoms with Gasteiger partial charge in [-0.2, -0.15) is 13.2 Å². The molecule has 2 heterocycles. The molecule has 2 aromatic rings. The Morgan fingerprint density at radius 2 is 1.89 bits per heavy atom. The first-order chi connectivity index (χ1) is 17.2. The highest BCUT2D eigenvalue weighted by Gasteiger charge is 2.34. The maximum atomic E-state index is 13.6. The molecule has 0 spiro atoms. The maximum Gasteiger partial charge on any atom is 0.416 e. The predicted molar refractivity (Wildman–Crippen MR) is 130 cm³/mol. The molecule has 0 radical (unpaired) electrons. The number of carbonyl (C=O) groups is 2. The molecule has 3 aliphatic rings. The van der Waals surface area contributed by atoms with Gasteiger partial charge in [0.15, 0.2) is 0 Å². The lowest BCUT2D eigenvalue weighted by Gasteiger charge is -2.32. The van der Waals surface area contributed by atoms with Crippen LogP contribution in [0.5, 0.6) is 0 Å². The fraction of sp³-hybridized carbons (Fsp3) is 0.286. The van der Waals surface area contributed by atoms with Crippen molar-refractivity contribution in [3.05, 3.63) is 101 Å². The van der Waals surface area contributed by atoms with E-state index in [4.69, 9.17) is 0 Å². The van der Waals surface area contributed by atoms with E-state index in [-0.39, 0.29) is 30.6 Å². The molecule has 1 aliphatic carbocycles. The third-order valence-corrected chi connectivity index (χ3v) is 6.63. The summed E-state index contributed by atoms with van der Waals surface area (Å²) >= 11 is 0. The number of amides is 3. The number of hydrogen-bond donors (Lipinski definition) is 1. The van der Waals surface area contributed by atoms with Crippen LogP contribution in [-0.2, 0) is 12.7 Å². The highest BCUT2D eigenvalue weighted by molar-refractivity contribution is 5.97. The van der Waals surface area contributed by atoms with E-state index in [9.17, 15) is 22.8 Å². The van der Waals surface area contributed by atoms with E-state index in [1.54, 1.807) is 29.3 Å². The molecule has 186 valence electrons. The van der Waals surface area contributed by atoms with Crippen LogP contribution in [0.3, 0.4) is 0 Å². The number of alkyl halides is 3. The van der Waals surface area contributed by atoms with E-state index in [0.717, 1.165) is 36.1 Å². The summed E-state index contributed by atoms with van der Waals surface area (Å²) in [6, 6.07) is 12.1. The largest absolute Gasteiger partial charge is 0.416 e. The van der Waals surface area contributed by atoms with Crippen LogP contribution in [0.15, 0.2) is 78.7 Å². The van der Waals surface area contributed by atoms with Crippen LogP contribution in [0.1, 0.15) is 53.2 Å². The molecule has 0 bridgehead atoms. The number of halogens is 3. The number of fused-ring (bicyclic) bond motifs is 1. The van der Waals surface area contributed by atoms with Gasteiger partial charge in [-0.1, -0.05) is 36.4 Å². The standard InChI is InChI=1S/C28H26F3N3O2/c1-18-10-13-25-24(20-6-3-7-21(16-20)26(35)32-23-11-12-23)9-4-14-33(25)27(36)34(18)17-19-5-2-8-22(15-19)28(29,30)31/h2-9,13-16,18,23H,10-12,17H2,1H3,(H,32,35). The molecule has 8 heteroatoms. The normalized spacial score (nSPS) is 19.9. The van der Waals surface area contributed by atoms with Crippen molar-refractivity contribution < 1.29 is 22.8 Å². The highest BCUT2D eigenvalue weighted by atomic mass is 19.4. The first-order valence-electron chi connectivity index (χ1n) is 12.0. The second kappa shape index (κ2) is 9.33. The molecule has 1 saturated carbocycles. The third kappa shape index (κ3) is 4.94. The summed E-state index contributed by atoms with van der Waals surface area (Å²) in [4.78, 5) is 29.3. The van der Waals surface area contributed by atoms with E-state index >= 15 is 0 Å². The van der Waals surface area contributed by atoms with Crippen LogP contribution >= 0.6 is 0 Å². The van der Waals surface area contributed by atoms with Crippen molar-refractivity contribution >= 4 is 17.5 Å². The summed E-state index contributed by atoms with van der Waals surface area (Å²) in [7, 11) is 0. The lowest BCUT2D eigenvalue weighted by atomic mass is 9.97. The minimum absolute atomic E-state index is 0.0608. The Bertz CT molecular complexity index is 1290. The molecule has 1 atom stereocenters. The van der Waals surface area contributed by atoms with Crippen LogP contribution in [-0.4, -0.2) is 33.8 Å². The van der Waals surface area contributed by atoms with Crippen LogP contribution in [0, 0.1) is 0 Å². The van der Waals surface area contributed by atoms with Gasteiger partial charge in [-0.05, 0) is 67.7 Å². The molecule has 3 amide bonds. The van der Waals surface area contributed by atoms with E-state index in [2.05, 4.69) is 5.32 Å². The fourth-order valence-corrected chi connectivity index (χ4v) is 4.47. The second-order valence-corrected chi connectivity index (χ2v) is 9.40. The molecule has 5 rings (SSSR count). The number of hydrogen-bond acceptors (Lipinski definition) is 2. The number of urea groups is 1. The molecule has 1 fully saturated rings. The smallest absolute Gasteiger partial charge is 0.349 e. The highest BCUT2D eigenvalue weighted by Crippen LogP contribution is 2.35. The molecular formula is C28H26F3N3O2. The molecule has 36 heavy (non-hydrogen) atoms. The lowest BCUT2D eigenvalue weighted by Crippen LogP contribution is -2.43. The zero-order valence-electron chi connectivity index (χ0n) is 19.8. The van der Waals surface area contributed by atoms with Crippen molar-refractivity contribution in [1.29, 1.82) is 0 Å². The van der Waals surface area contributed by atoms with Crippen molar-refractivity contribution in [3.8, 4) is 0 Å². The van der Waals surface area contributed by atoms with Gasteiger partial charge in [0, 0.05) is 36.0 Å². The van der Waals surface area contributed by atoms with Gasteiger partial charge in [-0.25, -0.2) is 4.79 Å². The number of nitrogens with zero attached hydrogens (tertiary/aromatic N) is 2. The van der Waals surface area contributed by atoms with Crippen molar-refractivity contribution in [2.24, 2.45) is 0 Å². The third-order valence-electron chi connectivity index (χ3n) is 6.63. The summed E-state index contributed by atoms with van der Waals surface area (Å²) in [6.45, 7) is 1.95. The molecule has 0 saturated heterocycles. The number of rotatable bonds is 5. The number of allylic oxidation sites excluding steroid dienone is 3. The van der Waals surface area contributed by atoms with Gasteiger partial charge in [0.05, 0.1) is 11.3 Å². The Labute approximate surface area is 207 Å². The number of benzene rings is 2. The average molecular weight is 494 g/mol. The predicted octanol–water partition coefficient (Wildman–Crippen LogP) is 6.11. The van der Waals surface area contributed by atoms with Gasteiger partial charge in [0.25, 0.3) is 5.91 Å². The van der Waals surface area contributed by atoms with E-state index in [1.807, 2.05) is 37.3 Å². The van der Waals surface area contributed by atoms with Crippen LogP contribution in [0.2, 0.25) is 0 Å². The molecule has 2 aromatic carbocycles. The first-order valence-corrected chi connectivity index (χ1v) is 12.0. The Kier molecular flexibility index (Phi) is 6.20. The zero-order chi connectivity index (χ0) is 25.4. The molecule has 1 N–H and O–H groups in total. The number of nitrogens with one attached hydrogen (secondary N) is 1.